The molecule has 0 saturated heterocycles. The van der Waals surface area contributed by atoms with E-state index in [1.807, 2.05) is 0 Å². The first-order valence-electron chi connectivity index (χ1n) is 3.02. The summed E-state index contributed by atoms with van der Waals surface area (Å²) in [7, 11) is 1.59. The van der Waals surface area contributed by atoms with Crippen molar-refractivity contribution in [2.45, 2.75) is 0 Å². The van der Waals surface area contributed by atoms with Gasteiger partial charge in [-0.3, -0.25) is 9.79 Å². The maximum Gasteiger partial charge on any atom is 0.267 e. The molecule has 1 aliphatic heterocycles. The number of carbonyl (C=O) groups excluding carboxylic acids is 1. The molecule has 0 spiro atoms. The van der Waals surface area contributed by atoms with Gasteiger partial charge in [-0.2, -0.15) is 0 Å². The van der Waals surface area contributed by atoms with Gasteiger partial charge < -0.3 is 10.6 Å². The molecule has 1 heterocycles. The molecule has 4 nitrogen and oxygen atoms in total. The smallest absolute Gasteiger partial charge is 0.267 e. The van der Waals surface area contributed by atoms with Crippen molar-refractivity contribution in [3.63, 3.8) is 0 Å². The van der Waals surface area contributed by atoms with E-state index in [2.05, 4.69) is 15.6 Å². The lowest BCUT2D eigenvalue weighted by Crippen LogP contribution is -2.35. The number of nitrogens with zero attached hydrogens (tertiary/aromatic N) is 1. The monoisotopic (exact) mass is 139 g/mol. The Bertz CT molecular complexity index is 195. The molecule has 0 saturated carbocycles. The molecule has 0 aromatic heterocycles. The molecule has 0 aromatic carbocycles. The SMILES string of the molecule is CNC(=O)C1=NC=CNC1. The molecule has 0 aromatic rings. The van der Waals surface area contributed by atoms with Crippen LogP contribution in [0.25, 0.3) is 0 Å². The maximum absolute atomic E-state index is 10.9. The van der Waals surface area contributed by atoms with Crippen molar-refractivity contribution in [3.8, 4) is 0 Å². The molecule has 1 amide bonds. The summed E-state index contributed by atoms with van der Waals surface area (Å²) in [6.45, 7) is 0.510. The van der Waals surface area contributed by atoms with E-state index < -0.39 is 0 Å². The molecule has 2 N–H and O–H groups in total. The van der Waals surface area contributed by atoms with Gasteiger partial charge in [-0.15, -0.1) is 0 Å². The van der Waals surface area contributed by atoms with E-state index in [0.29, 0.717) is 12.3 Å². The predicted molar refractivity (Wildman–Crippen MR) is 38.6 cm³/mol. The summed E-state index contributed by atoms with van der Waals surface area (Å²) >= 11 is 0. The molecule has 0 aliphatic carbocycles. The summed E-state index contributed by atoms with van der Waals surface area (Å²) in [4.78, 5) is 14.7. The Morgan fingerprint density at radius 2 is 2.70 bits per heavy atom. The van der Waals surface area contributed by atoms with Crippen LogP contribution < -0.4 is 10.6 Å². The largest absolute Gasteiger partial charge is 0.384 e. The molecule has 54 valence electrons. The summed E-state index contributed by atoms with van der Waals surface area (Å²) in [5.41, 5.74) is 0.519. The van der Waals surface area contributed by atoms with Gasteiger partial charge in [0.25, 0.3) is 5.91 Å². The first-order valence-corrected chi connectivity index (χ1v) is 3.02. The van der Waals surface area contributed by atoms with Gasteiger partial charge in [0.15, 0.2) is 0 Å². The second kappa shape index (κ2) is 3.00. The number of rotatable bonds is 1. The zero-order valence-corrected chi connectivity index (χ0v) is 5.72. The summed E-state index contributed by atoms with van der Waals surface area (Å²) in [5, 5.41) is 5.37. The van der Waals surface area contributed by atoms with Crippen molar-refractivity contribution in [1.82, 2.24) is 10.6 Å². The minimum absolute atomic E-state index is 0.128. The molecule has 0 unspecified atom stereocenters. The molecule has 0 radical (unpaired) electrons. The van der Waals surface area contributed by atoms with E-state index in [1.165, 1.54) is 0 Å². The molecule has 1 rings (SSSR count). The number of hydrogen-bond donors (Lipinski definition) is 2. The first-order chi connectivity index (χ1) is 4.84. The van der Waals surface area contributed by atoms with Crippen LogP contribution in [0.1, 0.15) is 0 Å². The second-order valence-corrected chi connectivity index (χ2v) is 1.85. The number of hydrogen-bond acceptors (Lipinski definition) is 3. The minimum Gasteiger partial charge on any atom is -0.384 e. The Kier molecular flexibility index (Phi) is 2.04. The maximum atomic E-state index is 10.9. The van der Waals surface area contributed by atoms with Crippen LogP contribution in [0.4, 0.5) is 0 Å². The Morgan fingerprint density at radius 3 is 3.20 bits per heavy atom. The van der Waals surface area contributed by atoms with Crippen molar-refractivity contribution in [3.05, 3.63) is 12.4 Å². The number of amides is 1. The highest BCUT2D eigenvalue weighted by Gasteiger charge is 2.08. The average molecular weight is 139 g/mol. The van der Waals surface area contributed by atoms with Crippen molar-refractivity contribution >= 4 is 11.6 Å². The van der Waals surface area contributed by atoms with E-state index in [1.54, 1.807) is 19.4 Å². The van der Waals surface area contributed by atoms with Crippen LogP contribution in [0, 0.1) is 0 Å². The lowest BCUT2D eigenvalue weighted by Gasteiger charge is -2.06. The van der Waals surface area contributed by atoms with Gasteiger partial charge in [0, 0.05) is 19.4 Å². The van der Waals surface area contributed by atoms with E-state index in [0.717, 1.165) is 0 Å². The topological polar surface area (TPSA) is 53.5 Å². The summed E-state index contributed by atoms with van der Waals surface area (Å²) in [5.74, 6) is -0.128. The molecule has 0 bridgehead atoms. The predicted octanol–water partition coefficient (Wildman–Crippen LogP) is -0.752. The van der Waals surface area contributed by atoms with Crippen LogP contribution in [-0.2, 0) is 4.79 Å². The van der Waals surface area contributed by atoms with Crippen LogP contribution in [-0.4, -0.2) is 25.2 Å². The van der Waals surface area contributed by atoms with Crippen LogP contribution >= 0.6 is 0 Å². The van der Waals surface area contributed by atoms with E-state index >= 15 is 0 Å². The molecule has 10 heavy (non-hydrogen) atoms. The summed E-state index contributed by atoms with van der Waals surface area (Å²) in [6.07, 6.45) is 3.26. The van der Waals surface area contributed by atoms with Gasteiger partial charge >= 0.3 is 0 Å². The second-order valence-electron chi connectivity index (χ2n) is 1.85. The third-order valence-corrected chi connectivity index (χ3v) is 1.18. The molecular weight excluding hydrogens is 130 g/mol. The Balaban J connectivity index is 2.62. The minimum atomic E-state index is -0.128. The molecular formula is C6H9N3O. The first kappa shape index (κ1) is 6.80. The van der Waals surface area contributed by atoms with Gasteiger partial charge in [-0.05, 0) is 0 Å². The Labute approximate surface area is 59.0 Å². The van der Waals surface area contributed by atoms with Gasteiger partial charge in [-0.25, -0.2) is 0 Å². The summed E-state index contributed by atoms with van der Waals surface area (Å²) < 4.78 is 0. The Morgan fingerprint density at radius 1 is 1.90 bits per heavy atom. The van der Waals surface area contributed by atoms with Gasteiger partial charge in [0.05, 0.1) is 6.54 Å². The lowest BCUT2D eigenvalue weighted by atomic mass is 10.3. The normalized spacial score (nSPS) is 15.5. The highest BCUT2D eigenvalue weighted by Crippen LogP contribution is 1.85. The fraction of sp³-hybridized carbons (Fsp3) is 0.333. The quantitative estimate of drug-likeness (QED) is 0.502. The third kappa shape index (κ3) is 1.34. The van der Waals surface area contributed by atoms with Crippen molar-refractivity contribution in [1.29, 1.82) is 0 Å². The van der Waals surface area contributed by atoms with E-state index in [4.69, 9.17) is 0 Å². The van der Waals surface area contributed by atoms with Crippen molar-refractivity contribution in [2.75, 3.05) is 13.6 Å². The molecule has 1 aliphatic rings. The van der Waals surface area contributed by atoms with Crippen LogP contribution in [0.2, 0.25) is 0 Å². The Hall–Kier alpha value is -1.32. The molecule has 0 atom stereocenters. The third-order valence-electron chi connectivity index (χ3n) is 1.18. The van der Waals surface area contributed by atoms with Gasteiger partial charge in [-0.1, -0.05) is 0 Å². The molecule has 0 fully saturated rings. The fourth-order valence-electron chi connectivity index (χ4n) is 0.664. The number of nitrogens with one attached hydrogen (secondary N) is 2. The van der Waals surface area contributed by atoms with E-state index in [-0.39, 0.29) is 5.91 Å². The highest BCUT2D eigenvalue weighted by molar-refractivity contribution is 6.39. The summed E-state index contributed by atoms with van der Waals surface area (Å²) in [6, 6.07) is 0. The lowest BCUT2D eigenvalue weighted by molar-refractivity contribution is -0.114. The van der Waals surface area contributed by atoms with E-state index in [9.17, 15) is 4.79 Å². The zero-order chi connectivity index (χ0) is 7.40. The van der Waals surface area contributed by atoms with Crippen LogP contribution in [0.3, 0.4) is 0 Å². The highest BCUT2D eigenvalue weighted by atomic mass is 16.1. The van der Waals surface area contributed by atoms with Crippen molar-refractivity contribution in [2.24, 2.45) is 4.99 Å². The van der Waals surface area contributed by atoms with Gasteiger partial charge in [0.2, 0.25) is 0 Å². The average Bonchev–Trinajstić information content (AvgIpc) is 2.05. The number of aliphatic imine (C=N–C) groups is 1. The fourth-order valence-corrected chi connectivity index (χ4v) is 0.664. The van der Waals surface area contributed by atoms with Crippen LogP contribution in [0.15, 0.2) is 17.4 Å². The zero-order valence-electron chi connectivity index (χ0n) is 5.72. The van der Waals surface area contributed by atoms with Crippen LogP contribution in [0.5, 0.6) is 0 Å². The number of carbonyl (C=O) groups is 1. The van der Waals surface area contributed by atoms with Gasteiger partial charge in [0.1, 0.15) is 5.71 Å². The standard InChI is InChI=1S/C6H9N3O/c1-7-6(10)5-4-8-2-3-9-5/h2-3,8H,4H2,1H3,(H,7,10). The molecule has 4 heteroatoms. The van der Waals surface area contributed by atoms with Crippen molar-refractivity contribution < 1.29 is 4.79 Å².